The van der Waals surface area contributed by atoms with Gasteiger partial charge in [-0.3, -0.25) is 4.79 Å². The van der Waals surface area contributed by atoms with Crippen LogP contribution in [0.3, 0.4) is 0 Å². The van der Waals surface area contributed by atoms with E-state index in [-0.39, 0.29) is 24.0 Å². The maximum atomic E-state index is 12.3. The highest BCUT2D eigenvalue weighted by Gasteiger charge is 2.26. The first-order valence-electron chi connectivity index (χ1n) is 12.4. The highest BCUT2D eigenvalue weighted by atomic mass is 16.5. The second-order valence-electron chi connectivity index (χ2n) is 9.97. The molecule has 3 heterocycles. The molecule has 38 heavy (non-hydrogen) atoms. The molecule has 5 rings (SSSR count). The zero-order valence-corrected chi connectivity index (χ0v) is 22.1. The van der Waals surface area contributed by atoms with Crippen molar-refractivity contribution in [2.24, 2.45) is 0 Å². The Kier molecular flexibility index (Phi) is 6.40. The number of nitrogens with two attached hydrogens (primary N) is 1. The number of aryl methyl sites for hydroxylation is 1. The Labute approximate surface area is 220 Å². The van der Waals surface area contributed by atoms with E-state index >= 15 is 0 Å². The van der Waals surface area contributed by atoms with Gasteiger partial charge in [0.05, 0.1) is 17.6 Å². The van der Waals surface area contributed by atoms with Gasteiger partial charge >= 0.3 is 5.97 Å². The Morgan fingerprint density at radius 3 is 2.32 bits per heavy atom. The van der Waals surface area contributed by atoms with Crippen molar-refractivity contribution in [1.29, 1.82) is 0 Å². The van der Waals surface area contributed by atoms with Crippen LogP contribution in [0.1, 0.15) is 33.5 Å². The summed E-state index contributed by atoms with van der Waals surface area (Å²) >= 11 is 0. The summed E-state index contributed by atoms with van der Waals surface area (Å²) in [6.07, 6.45) is 3.42. The minimum Gasteiger partial charge on any atom is -0.465 e. The van der Waals surface area contributed by atoms with Gasteiger partial charge in [0, 0.05) is 34.6 Å². The minimum absolute atomic E-state index is 0.0267. The highest BCUT2D eigenvalue weighted by Crippen LogP contribution is 2.37. The summed E-state index contributed by atoms with van der Waals surface area (Å²) in [5, 5.41) is 4.47. The Morgan fingerprint density at radius 2 is 1.66 bits per heavy atom. The van der Waals surface area contributed by atoms with Gasteiger partial charge < -0.3 is 15.0 Å². The van der Waals surface area contributed by atoms with Crippen LogP contribution in [-0.4, -0.2) is 46.9 Å². The number of ether oxygens (including phenoxy) is 1. The van der Waals surface area contributed by atoms with E-state index in [2.05, 4.69) is 51.5 Å². The summed E-state index contributed by atoms with van der Waals surface area (Å²) in [6.45, 7) is 10.3. The number of carbonyl (C=O) groups is 1. The number of imidazole rings is 1. The van der Waals surface area contributed by atoms with Gasteiger partial charge in [-0.15, -0.1) is 0 Å². The van der Waals surface area contributed by atoms with Crippen LogP contribution in [0, 0.1) is 6.92 Å². The van der Waals surface area contributed by atoms with Gasteiger partial charge in [-0.25, -0.2) is 24.6 Å². The number of rotatable bonds is 6. The smallest absolute Gasteiger partial charge is 0.327 e. The van der Waals surface area contributed by atoms with Gasteiger partial charge in [-0.2, -0.15) is 5.10 Å². The standard InChI is InChI=1S/C28H30N8O2/c1-6-38-24(37)16-35-25(32-17(2)34-35)20-9-7-8-10-21(20)26-33-22-13-18(19-14-30-27(29)31-15-19)11-12-23(22)36(26)28(3,4)5/h7-15H,6,16H2,1-5H3,(H2,29,30,31). The molecule has 5 aromatic rings. The Morgan fingerprint density at radius 1 is 0.974 bits per heavy atom. The Bertz CT molecular complexity index is 1630. The number of carbonyl (C=O) groups excluding carboxylic acids is 1. The van der Waals surface area contributed by atoms with Crippen molar-refractivity contribution < 1.29 is 9.53 Å². The predicted molar refractivity (Wildman–Crippen MR) is 146 cm³/mol. The van der Waals surface area contributed by atoms with Gasteiger partial charge in [0.2, 0.25) is 5.95 Å². The molecule has 0 unspecified atom stereocenters. The molecule has 0 bridgehead atoms. The Balaban J connectivity index is 1.69. The van der Waals surface area contributed by atoms with E-state index in [9.17, 15) is 4.79 Å². The topological polar surface area (TPSA) is 127 Å². The van der Waals surface area contributed by atoms with Crippen molar-refractivity contribution in [3.63, 3.8) is 0 Å². The number of nitrogen functional groups attached to an aromatic ring is 1. The number of nitrogens with zero attached hydrogens (tertiary/aromatic N) is 7. The lowest BCUT2D eigenvalue weighted by Crippen LogP contribution is -2.22. The molecule has 0 spiro atoms. The van der Waals surface area contributed by atoms with Crippen molar-refractivity contribution in [3.05, 3.63) is 60.7 Å². The van der Waals surface area contributed by atoms with Crippen molar-refractivity contribution in [2.75, 3.05) is 12.3 Å². The summed E-state index contributed by atoms with van der Waals surface area (Å²) in [4.78, 5) is 30.3. The lowest BCUT2D eigenvalue weighted by molar-refractivity contribution is -0.144. The number of benzene rings is 2. The summed E-state index contributed by atoms with van der Waals surface area (Å²) in [5.74, 6) is 1.81. The molecule has 0 aliphatic carbocycles. The first-order chi connectivity index (χ1) is 18.2. The fourth-order valence-corrected chi connectivity index (χ4v) is 4.57. The summed E-state index contributed by atoms with van der Waals surface area (Å²) in [6, 6.07) is 14.1. The molecule has 3 aromatic heterocycles. The molecule has 10 heteroatoms. The number of hydrogen-bond donors (Lipinski definition) is 1. The number of anilines is 1. The minimum atomic E-state index is -0.364. The summed E-state index contributed by atoms with van der Waals surface area (Å²) in [7, 11) is 0. The number of fused-ring (bicyclic) bond motifs is 1. The quantitative estimate of drug-likeness (QED) is 0.328. The molecule has 0 fully saturated rings. The number of aromatic nitrogens is 7. The van der Waals surface area contributed by atoms with Crippen LogP contribution in [0.5, 0.6) is 0 Å². The first kappa shape index (κ1) is 25.1. The van der Waals surface area contributed by atoms with Crippen LogP contribution >= 0.6 is 0 Å². The lowest BCUT2D eigenvalue weighted by atomic mass is 10.0. The molecule has 0 radical (unpaired) electrons. The number of esters is 1. The van der Waals surface area contributed by atoms with Gasteiger partial charge in [-0.05, 0) is 52.3 Å². The molecule has 0 aliphatic rings. The molecule has 2 N–H and O–H groups in total. The molecule has 194 valence electrons. The summed E-state index contributed by atoms with van der Waals surface area (Å²) < 4.78 is 8.98. The second kappa shape index (κ2) is 9.70. The van der Waals surface area contributed by atoms with Crippen molar-refractivity contribution in [3.8, 4) is 33.9 Å². The molecule has 0 aliphatic heterocycles. The number of hydrogen-bond acceptors (Lipinski definition) is 8. The van der Waals surface area contributed by atoms with Crippen LogP contribution in [0.2, 0.25) is 0 Å². The van der Waals surface area contributed by atoms with Crippen LogP contribution in [0.15, 0.2) is 54.9 Å². The fourth-order valence-electron chi connectivity index (χ4n) is 4.57. The van der Waals surface area contributed by atoms with Gasteiger partial charge in [0.25, 0.3) is 0 Å². The average molecular weight is 511 g/mol. The zero-order chi connectivity index (χ0) is 27.0. The second-order valence-corrected chi connectivity index (χ2v) is 9.97. The first-order valence-corrected chi connectivity index (χ1v) is 12.4. The maximum Gasteiger partial charge on any atom is 0.327 e. The largest absolute Gasteiger partial charge is 0.465 e. The van der Waals surface area contributed by atoms with E-state index < -0.39 is 0 Å². The van der Waals surface area contributed by atoms with Crippen LogP contribution < -0.4 is 5.73 Å². The normalized spacial score (nSPS) is 11.7. The lowest BCUT2D eigenvalue weighted by Gasteiger charge is -2.25. The molecule has 2 aromatic carbocycles. The van der Waals surface area contributed by atoms with Crippen LogP contribution in [0.25, 0.3) is 44.9 Å². The SMILES string of the molecule is CCOC(=O)Cn1nc(C)nc1-c1ccccc1-c1nc2cc(-c3cnc(N)nc3)ccc2n1C(C)(C)C. The van der Waals surface area contributed by atoms with E-state index in [1.807, 2.05) is 36.4 Å². The highest BCUT2D eigenvalue weighted by molar-refractivity contribution is 5.88. The van der Waals surface area contributed by atoms with E-state index in [1.165, 1.54) is 0 Å². The zero-order valence-electron chi connectivity index (χ0n) is 22.1. The van der Waals surface area contributed by atoms with Crippen molar-refractivity contribution in [2.45, 2.75) is 46.7 Å². The van der Waals surface area contributed by atoms with E-state index in [0.717, 1.165) is 39.1 Å². The third-order valence-electron chi connectivity index (χ3n) is 6.10. The van der Waals surface area contributed by atoms with Crippen LogP contribution in [-0.2, 0) is 21.6 Å². The molecular formula is C28H30N8O2. The fraction of sp³-hybridized carbons (Fsp3) is 0.286. The molecule has 10 nitrogen and oxygen atoms in total. The Hall–Kier alpha value is -4.60. The van der Waals surface area contributed by atoms with Gasteiger partial charge in [0.1, 0.15) is 18.2 Å². The average Bonchev–Trinajstić information content (AvgIpc) is 3.44. The molecule has 0 atom stereocenters. The van der Waals surface area contributed by atoms with Gasteiger partial charge in [0.15, 0.2) is 5.82 Å². The van der Waals surface area contributed by atoms with E-state index in [1.54, 1.807) is 30.9 Å². The molecule has 0 amide bonds. The van der Waals surface area contributed by atoms with Crippen LogP contribution in [0.4, 0.5) is 5.95 Å². The van der Waals surface area contributed by atoms with E-state index in [0.29, 0.717) is 18.3 Å². The third kappa shape index (κ3) is 4.72. The molecular weight excluding hydrogens is 480 g/mol. The molecule has 0 saturated heterocycles. The van der Waals surface area contributed by atoms with E-state index in [4.69, 9.17) is 15.5 Å². The third-order valence-corrected chi connectivity index (χ3v) is 6.10. The maximum absolute atomic E-state index is 12.3. The van der Waals surface area contributed by atoms with Gasteiger partial charge in [-0.1, -0.05) is 30.3 Å². The molecule has 0 saturated carbocycles. The summed E-state index contributed by atoms with van der Waals surface area (Å²) in [5.41, 5.74) is 10.7. The predicted octanol–water partition coefficient (Wildman–Crippen LogP) is 4.63. The monoisotopic (exact) mass is 510 g/mol. The van der Waals surface area contributed by atoms with Crippen molar-refractivity contribution in [1.82, 2.24) is 34.3 Å². The van der Waals surface area contributed by atoms with Crippen molar-refractivity contribution >= 4 is 23.0 Å².